The Bertz CT molecular complexity index is 622. The molecule has 0 saturated carbocycles. The summed E-state index contributed by atoms with van der Waals surface area (Å²) < 4.78 is 1.60. The number of anilines is 1. The second kappa shape index (κ2) is 5.63. The molecule has 0 aliphatic carbocycles. The van der Waals surface area contributed by atoms with Crippen LogP contribution in [0.4, 0.5) is 5.69 Å². The van der Waals surface area contributed by atoms with Crippen molar-refractivity contribution in [3.63, 3.8) is 0 Å². The van der Waals surface area contributed by atoms with Gasteiger partial charge in [-0.05, 0) is 24.6 Å². The Labute approximate surface area is 121 Å². The normalized spacial score (nSPS) is 10.7. The third-order valence-electron chi connectivity index (χ3n) is 2.70. The Balaban J connectivity index is 2.46. The topological polar surface area (TPSA) is 60.9 Å². The van der Waals surface area contributed by atoms with E-state index in [1.54, 1.807) is 22.9 Å². The second-order valence-electron chi connectivity index (χ2n) is 4.12. The predicted molar refractivity (Wildman–Crippen MR) is 76.8 cm³/mol. The first-order valence-electron chi connectivity index (χ1n) is 5.85. The summed E-state index contributed by atoms with van der Waals surface area (Å²) in [5, 5.41) is 4.91. The van der Waals surface area contributed by atoms with Gasteiger partial charge in [0.1, 0.15) is 5.69 Å². The number of benzene rings is 1. The van der Waals surface area contributed by atoms with Crippen LogP contribution < -0.4 is 5.73 Å². The van der Waals surface area contributed by atoms with Gasteiger partial charge < -0.3 is 5.73 Å². The number of hydrogen-bond donors (Lipinski definition) is 1. The molecule has 0 aliphatic rings. The van der Waals surface area contributed by atoms with Crippen molar-refractivity contribution < 1.29 is 4.79 Å². The molecule has 2 rings (SSSR count). The maximum Gasteiger partial charge on any atom is 0.214 e. The summed E-state index contributed by atoms with van der Waals surface area (Å²) in [5.74, 6) is -0.245. The SMILES string of the molecule is CCCn1ncc(Cl)c1C(=O)c1ccc(Cl)cc1N. The third kappa shape index (κ3) is 2.74. The number of carbonyl (C=O) groups is 1. The minimum absolute atomic E-state index is 0.245. The summed E-state index contributed by atoms with van der Waals surface area (Å²) in [7, 11) is 0. The molecule has 0 saturated heterocycles. The number of rotatable bonds is 4. The van der Waals surface area contributed by atoms with Gasteiger partial charge >= 0.3 is 0 Å². The van der Waals surface area contributed by atoms with E-state index in [0.29, 0.717) is 33.5 Å². The molecular weight excluding hydrogens is 285 g/mol. The second-order valence-corrected chi connectivity index (χ2v) is 4.97. The number of carbonyl (C=O) groups excluding carboxylic acids is 1. The predicted octanol–water partition coefficient (Wildman–Crippen LogP) is 3.41. The van der Waals surface area contributed by atoms with Gasteiger partial charge in [-0.25, -0.2) is 0 Å². The van der Waals surface area contributed by atoms with E-state index in [4.69, 9.17) is 28.9 Å². The summed E-state index contributed by atoms with van der Waals surface area (Å²) in [5.41, 5.74) is 6.89. The average Bonchev–Trinajstić information content (AvgIpc) is 2.70. The number of halogens is 2. The van der Waals surface area contributed by atoms with Gasteiger partial charge in [-0.15, -0.1) is 0 Å². The molecule has 0 fully saturated rings. The van der Waals surface area contributed by atoms with E-state index in [9.17, 15) is 4.79 Å². The first kappa shape index (κ1) is 13.9. The Morgan fingerprint density at radius 1 is 1.42 bits per heavy atom. The van der Waals surface area contributed by atoms with Crippen molar-refractivity contribution in [1.82, 2.24) is 9.78 Å². The Hall–Kier alpha value is -1.52. The molecule has 0 amide bonds. The van der Waals surface area contributed by atoms with Gasteiger partial charge in [-0.1, -0.05) is 30.1 Å². The van der Waals surface area contributed by atoms with Crippen molar-refractivity contribution in [3.05, 3.63) is 45.7 Å². The highest BCUT2D eigenvalue weighted by Gasteiger charge is 2.20. The zero-order chi connectivity index (χ0) is 14.0. The van der Waals surface area contributed by atoms with Gasteiger partial charge in [-0.3, -0.25) is 9.48 Å². The molecule has 19 heavy (non-hydrogen) atoms. The standard InChI is InChI=1S/C13H13Cl2N3O/c1-2-5-18-12(10(15)7-17-18)13(19)9-4-3-8(14)6-11(9)16/h3-4,6-7H,2,5,16H2,1H3. The molecule has 1 aromatic carbocycles. The zero-order valence-corrected chi connectivity index (χ0v) is 11.9. The van der Waals surface area contributed by atoms with E-state index in [1.165, 1.54) is 6.20 Å². The van der Waals surface area contributed by atoms with E-state index >= 15 is 0 Å². The van der Waals surface area contributed by atoms with Crippen molar-refractivity contribution in [2.24, 2.45) is 0 Å². The number of nitrogens with zero attached hydrogens (tertiary/aromatic N) is 2. The van der Waals surface area contributed by atoms with E-state index in [2.05, 4.69) is 5.10 Å². The number of hydrogen-bond acceptors (Lipinski definition) is 3. The number of aryl methyl sites for hydroxylation is 1. The van der Waals surface area contributed by atoms with Gasteiger partial charge in [0, 0.05) is 22.8 Å². The quantitative estimate of drug-likeness (QED) is 0.695. The van der Waals surface area contributed by atoms with Crippen molar-refractivity contribution >= 4 is 34.7 Å². The molecular formula is C13H13Cl2N3O. The van der Waals surface area contributed by atoms with Crippen molar-refractivity contribution in [3.8, 4) is 0 Å². The molecule has 0 aliphatic heterocycles. The lowest BCUT2D eigenvalue weighted by atomic mass is 10.1. The van der Waals surface area contributed by atoms with Crippen LogP contribution in [0, 0.1) is 0 Å². The lowest BCUT2D eigenvalue weighted by Gasteiger charge is -2.08. The fourth-order valence-corrected chi connectivity index (χ4v) is 2.25. The molecule has 0 radical (unpaired) electrons. The van der Waals surface area contributed by atoms with Gasteiger partial charge in [0.2, 0.25) is 5.78 Å². The van der Waals surface area contributed by atoms with Crippen LogP contribution in [-0.4, -0.2) is 15.6 Å². The minimum Gasteiger partial charge on any atom is -0.398 e. The van der Waals surface area contributed by atoms with Crippen molar-refractivity contribution in [2.75, 3.05) is 5.73 Å². The van der Waals surface area contributed by atoms with E-state index in [0.717, 1.165) is 6.42 Å². The highest BCUT2D eigenvalue weighted by Crippen LogP contribution is 2.24. The lowest BCUT2D eigenvalue weighted by molar-refractivity contribution is 0.102. The number of aromatic nitrogens is 2. The van der Waals surface area contributed by atoms with Crippen molar-refractivity contribution in [1.29, 1.82) is 0 Å². The average molecular weight is 298 g/mol. The molecule has 6 heteroatoms. The molecule has 0 bridgehead atoms. The van der Waals surface area contributed by atoms with Crippen LogP contribution in [0.25, 0.3) is 0 Å². The van der Waals surface area contributed by atoms with Gasteiger partial charge in [0.25, 0.3) is 0 Å². The molecule has 100 valence electrons. The summed E-state index contributed by atoms with van der Waals surface area (Å²) in [6.07, 6.45) is 2.32. The summed E-state index contributed by atoms with van der Waals surface area (Å²) >= 11 is 11.9. The third-order valence-corrected chi connectivity index (χ3v) is 3.22. The Morgan fingerprint density at radius 3 is 2.79 bits per heavy atom. The fraction of sp³-hybridized carbons (Fsp3) is 0.231. The number of nitrogen functional groups attached to an aromatic ring is 1. The highest BCUT2D eigenvalue weighted by atomic mass is 35.5. The summed E-state index contributed by atoms with van der Waals surface area (Å²) in [4.78, 5) is 12.5. The van der Waals surface area contributed by atoms with Crippen LogP contribution in [0.5, 0.6) is 0 Å². The molecule has 1 heterocycles. The van der Waals surface area contributed by atoms with Crippen LogP contribution in [0.3, 0.4) is 0 Å². The van der Waals surface area contributed by atoms with Crippen LogP contribution in [0.1, 0.15) is 29.4 Å². The lowest BCUT2D eigenvalue weighted by Crippen LogP contribution is -2.13. The highest BCUT2D eigenvalue weighted by molar-refractivity contribution is 6.35. The molecule has 0 spiro atoms. The largest absolute Gasteiger partial charge is 0.398 e. The van der Waals surface area contributed by atoms with Crippen LogP contribution in [0.15, 0.2) is 24.4 Å². The van der Waals surface area contributed by atoms with Crippen LogP contribution in [-0.2, 0) is 6.54 Å². The summed E-state index contributed by atoms with van der Waals surface area (Å²) in [6.45, 7) is 2.63. The van der Waals surface area contributed by atoms with Crippen LogP contribution in [0.2, 0.25) is 10.0 Å². The maximum absolute atomic E-state index is 12.5. The van der Waals surface area contributed by atoms with Gasteiger partial charge in [-0.2, -0.15) is 5.10 Å². The fourth-order valence-electron chi connectivity index (χ4n) is 1.84. The van der Waals surface area contributed by atoms with E-state index in [-0.39, 0.29) is 5.78 Å². The Kier molecular flexibility index (Phi) is 4.12. The zero-order valence-electron chi connectivity index (χ0n) is 10.4. The molecule has 0 atom stereocenters. The van der Waals surface area contributed by atoms with Crippen LogP contribution >= 0.6 is 23.2 Å². The van der Waals surface area contributed by atoms with Gasteiger partial charge in [0.15, 0.2) is 0 Å². The number of nitrogens with two attached hydrogens (primary N) is 1. The molecule has 4 nitrogen and oxygen atoms in total. The van der Waals surface area contributed by atoms with E-state index in [1.807, 2.05) is 6.92 Å². The Morgan fingerprint density at radius 2 is 2.16 bits per heavy atom. The molecule has 0 unspecified atom stereocenters. The summed E-state index contributed by atoms with van der Waals surface area (Å²) in [6, 6.07) is 4.77. The first-order valence-corrected chi connectivity index (χ1v) is 6.61. The van der Waals surface area contributed by atoms with E-state index < -0.39 is 0 Å². The molecule has 2 N–H and O–H groups in total. The van der Waals surface area contributed by atoms with Gasteiger partial charge in [0.05, 0.1) is 11.2 Å². The molecule has 1 aromatic heterocycles. The molecule has 2 aromatic rings. The van der Waals surface area contributed by atoms with Crippen molar-refractivity contribution in [2.45, 2.75) is 19.9 Å². The number of ketones is 1. The first-order chi connectivity index (χ1) is 9.04. The monoisotopic (exact) mass is 297 g/mol. The maximum atomic E-state index is 12.5. The minimum atomic E-state index is -0.245. The smallest absolute Gasteiger partial charge is 0.214 e.